The Labute approximate surface area is 57.3 Å². The van der Waals surface area contributed by atoms with Gasteiger partial charge in [0.2, 0.25) is 0 Å². The van der Waals surface area contributed by atoms with Crippen LogP contribution in [0.1, 0.15) is 0 Å². The molecule has 0 bridgehead atoms. The van der Waals surface area contributed by atoms with Crippen molar-refractivity contribution in [2.24, 2.45) is 0 Å². The van der Waals surface area contributed by atoms with Gasteiger partial charge in [-0.1, -0.05) is 13.1 Å². The Balaban J connectivity index is 0. The molecule has 0 aliphatic heterocycles. The Morgan fingerprint density at radius 2 is 1.00 bits per heavy atom. The molecule has 0 aromatic carbocycles. The van der Waals surface area contributed by atoms with Gasteiger partial charge in [-0.2, -0.15) is 0 Å². The van der Waals surface area contributed by atoms with Gasteiger partial charge in [0.25, 0.3) is 0 Å². The minimum atomic E-state index is -0.543. The van der Waals surface area contributed by atoms with Crippen molar-refractivity contribution < 1.29 is 0 Å². The Bertz CT molecular complexity index is 19.3. The third-order valence-corrected chi connectivity index (χ3v) is 0. The van der Waals surface area contributed by atoms with Crippen molar-refractivity contribution in [3.8, 4) is 0 Å². The first-order chi connectivity index (χ1) is 3.15. The van der Waals surface area contributed by atoms with E-state index in [2.05, 4.69) is 27.9 Å². The fraction of sp³-hybridized carbons (Fsp3) is 1.00. The molecular formula is C5H16SiSn. The van der Waals surface area contributed by atoms with Crippen LogP contribution >= 0.6 is 0 Å². The first kappa shape index (κ1) is 10.9. The number of hydrogen-bond donors (Lipinski definition) is 0. The normalized spacial score (nSPS) is 7.71. The quantitative estimate of drug-likeness (QED) is 0.550. The van der Waals surface area contributed by atoms with Crippen molar-refractivity contribution in [1.29, 1.82) is 0 Å². The second-order valence-electron chi connectivity index (χ2n) is 2.08. The van der Waals surface area contributed by atoms with Gasteiger partial charge < -0.3 is 0 Å². The Morgan fingerprint density at radius 3 is 1.00 bits per heavy atom. The van der Waals surface area contributed by atoms with E-state index in [9.17, 15) is 0 Å². The standard InChI is InChI=1S/C2H7Si.3CH3.Sn/c1-3-2;;;;/h3H,1-2H3;3*1H3;. The molecule has 0 aromatic heterocycles. The van der Waals surface area contributed by atoms with Crippen LogP contribution in [0.4, 0.5) is 0 Å². The van der Waals surface area contributed by atoms with Gasteiger partial charge in [0.15, 0.2) is 0 Å². The maximum atomic E-state index is 2.36. The molecule has 0 nitrogen and oxygen atoms in total. The van der Waals surface area contributed by atoms with Crippen molar-refractivity contribution in [3.63, 3.8) is 0 Å². The molecule has 0 saturated carbocycles. The van der Waals surface area contributed by atoms with Gasteiger partial charge in [-0.05, 0) is 0 Å². The van der Waals surface area contributed by atoms with Crippen LogP contribution in [0.2, 0.25) is 27.9 Å². The van der Waals surface area contributed by atoms with E-state index in [0.717, 1.165) is 9.52 Å². The zero-order valence-corrected chi connectivity index (χ0v) is 10.1. The average molecular weight is 223 g/mol. The monoisotopic (exact) mass is 224 g/mol. The summed E-state index contributed by atoms with van der Waals surface area (Å²) in [5.41, 5.74) is 0. The molecule has 2 radical (unpaired) electrons. The van der Waals surface area contributed by atoms with Gasteiger partial charge >= 0.3 is 34.6 Å². The van der Waals surface area contributed by atoms with E-state index in [-0.39, 0.29) is 0 Å². The predicted molar refractivity (Wildman–Crippen MR) is 42.2 cm³/mol. The van der Waals surface area contributed by atoms with E-state index in [1.807, 2.05) is 0 Å². The summed E-state index contributed by atoms with van der Waals surface area (Å²) in [5, 5.41) is 0. The van der Waals surface area contributed by atoms with Gasteiger partial charge in [-0.3, -0.25) is 0 Å². The summed E-state index contributed by atoms with van der Waals surface area (Å²) in [6.07, 6.45) is 0. The molecule has 0 amide bonds. The van der Waals surface area contributed by atoms with Crippen molar-refractivity contribution in [1.82, 2.24) is 0 Å². The predicted octanol–water partition coefficient (Wildman–Crippen LogP) is 1.89. The molecular weight excluding hydrogens is 207 g/mol. The summed E-state index contributed by atoms with van der Waals surface area (Å²) < 4.78 is 0. The van der Waals surface area contributed by atoms with E-state index in [4.69, 9.17) is 0 Å². The first-order valence-electron chi connectivity index (χ1n) is 2.65. The van der Waals surface area contributed by atoms with Crippen molar-refractivity contribution in [3.05, 3.63) is 0 Å². The minimum absolute atomic E-state index is 0.543. The molecule has 0 fully saturated rings. The third kappa shape index (κ3) is 171. The number of hydrogen-bond acceptors (Lipinski definition) is 0. The fourth-order valence-corrected chi connectivity index (χ4v) is 0. The summed E-state index contributed by atoms with van der Waals surface area (Å²) >= 11 is -0.543. The van der Waals surface area contributed by atoms with E-state index < -0.39 is 19.8 Å². The number of rotatable bonds is 0. The molecule has 0 unspecified atom stereocenters. The van der Waals surface area contributed by atoms with Crippen molar-refractivity contribution in [2.45, 2.75) is 27.9 Å². The molecule has 0 aliphatic carbocycles. The maximum absolute atomic E-state index is 2.36. The summed E-state index contributed by atoms with van der Waals surface area (Å²) in [6.45, 7) is 4.42. The van der Waals surface area contributed by atoms with Crippen LogP contribution in [-0.2, 0) is 0 Å². The summed E-state index contributed by atoms with van der Waals surface area (Å²) in [6, 6.07) is 0. The van der Waals surface area contributed by atoms with E-state index in [1.54, 1.807) is 0 Å². The van der Waals surface area contributed by atoms with Crippen molar-refractivity contribution in [2.75, 3.05) is 0 Å². The third-order valence-electron chi connectivity index (χ3n) is 0. The summed E-state index contributed by atoms with van der Waals surface area (Å²) in [7, 11) is 0.750. The average Bonchev–Trinajstić information content (AvgIpc) is 1.33. The van der Waals surface area contributed by atoms with Crippen LogP contribution in [0.5, 0.6) is 0 Å². The zero-order chi connectivity index (χ0) is 6.28. The Morgan fingerprint density at radius 1 is 1.00 bits per heavy atom. The molecule has 0 spiro atoms. The molecule has 0 saturated heterocycles. The van der Waals surface area contributed by atoms with Crippen LogP contribution in [0.15, 0.2) is 0 Å². The van der Waals surface area contributed by atoms with Crippen molar-refractivity contribution >= 4 is 29.3 Å². The second-order valence-corrected chi connectivity index (χ2v) is 11.8. The molecule has 0 N–H and O–H groups in total. The molecule has 0 heterocycles. The van der Waals surface area contributed by atoms with E-state index >= 15 is 0 Å². The van der Waals surface area contributed by atoms with Crippen LogP contribution < -0.4 is 0 Å². The molecule has 44 valence electrons. The van der Waals surface area contributed by atoms with Gasteiger partial charge in [-0.15, -0.1) is 0 Å². The molecule has 0 aliphatic rings. The van der Waals surface area contributed by atoms with Gasteiger partial charge in [0, 0.05) is 9.52 Å². The molecule has 0 aromatic rings. The Kier molecular flexibility index (Phi) is 15.7. The van der Waals surface area contributed by atoms with Crippen LogP contribution in [0, 0.1) is 0 Å². The molecule has 0 atom stereocenters. The van der Waals surface area contributed by atoms with Crippen LogP contribution in [0.25, 0.3) is 0 Å². The summed E-state index contributed by atoms with van der Waals surface area (Å²) in [4.78, 5) is 7.09. The van der Waals surface area contributed by atoms with Crippen LogP contribution in [0.3, 0.4) is 0 Å². The van der Waals surface area contributed by atoms with Crippen LogP contribution in [-0.4, -0.2) is 29.3 Å². The first-order valence-corrected chi connectivity index (χ1v) is 13.5. The van der Waals surface area contributed by atoms with E-state index in [0.29, 0.717) is 0 Å². The topological polar surface area (TPSA) is 0 Å². The SMILES string of the molecule is C[SiH]C.[CH3][Sn]([CH3])[CH3]. The summed E-state index contributed by atoms with van der Waals surface area (Å²) in [5.74, 6) is 0. The molecule has 7 heavy (non-hydrogen) atoms. The fourth-order valence-electron chi connectivity index (χ4n) is 0. The zero-order valence-electron chi connectivity index (χ0n) is 6.08. The van der Waals surface area contributed by atoms with Gasteiger partial charge in [0.05, 0.1) is 0 Å². The van der Waals surface area contributed by atoms with E-state index in [1.165, 1.54) is 0 Å². The second kappa shape index (κ2) is 10.1. The molecule has 2 heteroatoms. The van der Waals surface area contributed by atoms with Gasteiger partial charge in [0.1, 0.15) is 0 Å². The van der Waals surface area contributed by atoms with Gasteiger partial charge in [-0.25, -0.2) is 0 Å². The Hall–Kier alpha value is 1.02. The molecule has 0 rings (SSSR count).